The third-order valence-corrected chi connectivity index (χ3v) is 3.91. The van der Waals surface area contributed by atoms with Gasteiger partial charge in [-0.1, -0.05) is 27.7 Å². The van der Waals surface area contributed by atoms with E-state index in [0.717, 1.165) is 6.42 Å². The zero-order valence-corrected chi connectivity index (χ0v) is 13.9. The maximum Gasteiger partial charge on any atom is 0.311 e. The molecule has 0 aliphatic carbocycles. The standard InChI is InChI=1S/C16H29NO4/c1-6-17(13-10-21-9-12(13)15(19)20)14(18)7-11(2)8-16(3,4)5/h11-13H,6-10H2,1-5H3,(H,19,20). The Bertz CT molecular complexity index is 375. The van der Waals surface area contributed by atoms with Gasteiger partial charge in [-0.05, 0) is 24.7 Å². The molecule has 0 aromatic carbocycles. The number of carboxylic acids is 1. The number of aliphatic carboxylic acids is 1. The zero-order chi connectivity index (χ0) is 16.2. The Morgan fingerprint density at radius 3 is 2.43 bits per heavy atom. The summed E-state index contributed by atoms with van der Waals surface area (Å²) < 4.78 is 5.27. The molecule has 122 valence electrons. The Balaban J connectivity index is 2.67. The van der Waals surface area contributed by atoms with E-state index in [4.69, 9.17) is 4.74 Å². The molecule has 0 radical (unpaired) electrons. The number of hydrogen-bond donors (Lipinski definition) is 1. The molecule has 5 nitrogen and oxygen atoms in total. The van der Waals surface area contributed by atoms with Crippen LogP contribution in [0.25, 0.3) is 0 Å². The lowest BCUT2D eigenvalue weighted by Crippen LogP contribution is -2.46. The summed E-state index contributed by atoms with van der Waals surface area (Å²) in [6, 6.07) is -0.332. The van der Waals surface area contributed by atoms with Crippen molar-refractivity contribution in [1.82, 2.24) is 4.90 Å². The summed E-state index contributed by atoms with van der Waals surface area (Å²) in [6.45, 7) is 11.5. The minimum atomic E-state index is -0.883. The van der Waals surface area contributed by atoms with Crippen molar-refractivity contribution in [2.24, 2.45) is 17.3 Å². The van der Waals surface area contributed by atoms with Crippen LogP contribution < -0.4 is 0 Å². The molecule has 0 spiro atoms. The molecule has 0 aromatic rings. The van der Waals surface area contributed by atoms with Crippen molar-refractivity contribution >= 4 is 11.9 Å². The van der Waals surface area contributed by atoms with E-state index in [1.165, 1.54) is 0 Å². The Kier molecular flexibility index (Phi) is 6.20. The first kappa shape index (κ1) is 18.0. The minimum absolute atomic E-state index is 0.0380. The van der Waals surface area contributed by atoms with Gasteiger partial charge in [-0.25, -0.2) is 0 Å². The van der Waals surface area contributed by atoms with Crippen molar-refractivity contribution in [2.75, 3.05) is 19.8 Å². The first-order chi connectivity index (χ1) is 9.65. The molecule has 1 amide bonds. The lowest BCUT2D eigenvalue weighted by molar-refractivity contribution is -0.145. The number of nitrogens with zero attached hydrogens (tertiary/aromatic N) is 1. The quantitative estimate of drug-likeness (QED) is 0.818. The first-order valence-electron chi connectivity index (χ1n) is 7.75. The Hall–Kier alpha value is -1.10. The van der Waals surface area contributed by atoms with Gasteiger partial charge in [-0.15, -0.1) is 0 Å². The molecular formula is C16H29NO4. The van der Waals surface area contributed by atoms with E-state index in [0.29, 0.717) is 19.6 Å². The Morgan fingerprint density at radius 1 is 1.33 bits per heavy atom. The fourth-order valence-electron chi connectivity index (χ4n) is 3.21. The topological polar surface area (TPSA) is 66.8 Å². The lowest BCUT2D eigenvalue weighted by atomic mass is 9.84. The molecule has 1 fully saturated rings. The second-order valence-electron chi connectivity index (χ2n) is 7.30. The molecule has 5 heteroatoms. The largest absolute Gasteiger partial charge is 0.481 e. The van der Waals surface area contributed by atoms with Crippen LogP contribution in [0.3, 0.4) is 0 Å². The number of carboxylic acid groups (broad SMARTS) is 1. The van der Waals surface area contributed by atoms with Gasteiger partial charge in [0.25, 0.3) is 0 Å². The summed E-state index contributed by atoms with van der Waals surface area (Å²) in [6.07, 6.45) is 1.44. The SMILES string of the molecule is CCN(C(=O)CC(C)CC(C)(C)C)C1COCC1C(=O)O. The van der Waals surface area contributed by atoms with Crippen molar-refractivity contribution in [3.63, 3.8) is 0 Å². The van der Waals surface area contributed by atoms with Crippen molar-refractivity contribution in [1.29, 1.82) is 0 Å². The summed E-state index contributed by atoms with van der Waals surface area (Å²) in [5, 5.41) is 9.23. The predicted molar refractivity (Wildman–Crippen MR) is 81.0 cm³/mol. The molecule has 21 heavy (non-hydrogen) atoms. The number of amides is 1. The number of hydrogen-bond acceptors (Lipinski definition) is 3. The first-order valence-corrected chi connectivity index (χ1v) is 7.75. The van der Waals surface area contributed by atoms with Crippen molar-refractivity contribution in [2.45, 2.75) is 53.5 Å². The van der Waals surface area contributed by atoms with Crippen LogP contribution in [0, 0.1) is 17.3 Å². The van der Waals surface area contributed by atoms with E-state index < -0.39 is 11.9 Å². The monoisotopic (exact) mass is 299 g/mol. The molecule has 3 atom stereocenters. The fourth-order valence-corrected chi connectivity index (χ4v) is 3.21. The number of carbonyl (C=O) groups excluding carboxylic acids is 1. The van der Waals surface area contributed by atoms with Crippen LogP contribution in [-0.2, 0) is 14.3 Å². The van der Waals surface area contributed by atoms with Crippen LogP contribution in [0.2, 0.25) is 0 Å². The van der Waals surface area contributed by atoms with Crippen molar-refractivity contribution in [3.8, 4) is 0 Å². The van der Waals surface area contributed by atoms with Crippen LogP contribution in [-0.4, -0.2) is 47.7 Å². The van der Waals surface area contributed by atoms with Crippen molar-refractivity contribution < 1.29 is 19.4 Å². The van der Waals surface area contributed by atoms with Gasteiger partial charge in [0.2, 0.25) is 5.91 Å². The molecule has 0 bridgehead atoms. The molecular weight excluding hydrogens is 270 g/mol. The second-order valence-corrected chi connectivity index (χ2v) is 7.30. The summed E-state index contributed by atoms with van der Waals surface area (Å²) in [5.41, 5.74) is 0.191. The number of ether oxygens (including phenoxy) is 1. The summed E-state index contributed by atoms with van der Waals surface area (Å²) in [7, 11) is 0. The maximum absolute atomic E-state index is 12.5. The highest BCUT2D eigenvalue weighted by molar-refractivity contribution is 5.78. The van der Waals surface area contributed by atoms with Crippen molar-refractivity contribution in [3.05, 3.63) is 0 Å². The molecule has 3 unspecified atom stereocenters. The zero-order valence-electron chi connectivity index (χ0n) is 13.9. The van der Waals surface area contributed by atoms with Crippen LogP contribution in [0.15, 0.2) is 0 Å². The summed E-state index contributed by atoms with van der Waals surface area (Å²) >= 11 is 0. The molecule has 1 aliphatic rings. The highest BCUT2D eigenvalue weighted by Gasteiger charge is 2.39. The second kappa shape index (κ2) is 7.25. The van der Waals surface area contributed by atoms with E-state index in [2.05, 4.69) is 27.7 Å². The molecule has 1 N–H and O–H groups in total. The third-order valence-electron chi connectivity index (χ3n) is 3.91. The lowest BCUT2D eigenvalue weighted by Gasteiger charge is -2.31. The molecule has 1 rings (SSSR count). The van der Waals surface area contributed by atoms with Gasteiger partial charge in [0.1, 0.15) is 5.92 Å². The minimum Gasteiger partial charge on any atom is -0.481 e. The smallest absolute Gasteiger partial charge is 0.311 e. The Labute approximate surface area is 127 Å². The van der Waals surface area contributed by atoms with E-state index >= 15 is 0 Å². The van der Waals surface area contributed by atoms with E-state index in [9.17, 15) is 14.7 Å². The molecule has 0 saturated carbocycles. The number of rotatable bonds is 6. The van der Waals surface area contributed by atoms with Gasteiger partial charge < -0.3 is 14.7 Å². The Morgan fingerprint density at radius 2 is 1.95 bits per heavy atom. The van der Waals surface area contributed by atoms with Crippen LogP contribution >= 0.6 is 0 Å². The van der Waals surface area contributed by atoms with Crippen LogP contribution in [0.4, 0.5) is 0 Å². The van der Waals surface area contributed by atoms with E-state index in [1.807, 2.05) is 6.92 Å². The van der Waals surface area contributed by atoms with Crippen LogP contribution in [0.1, 0.15) is 47.5 Å². The van der Waals surface area contributed by atoms with E-state index in [-0.39, 0.29) is 29.9 Å². The summed E-state index contributed by atoms with van der Waals surface area (Å²) in [4.78, 5) is 25.4. The fraction of sp³-hybridized carbons (Fsp3) is 0.875. The molecule has 0 aromatic heterocycles. The van der Waals surface area contributed by atoms with Gasteiger partial charge in [0, 0.05) is 13.0 Å². The van der Waals surface area contributed by atoms with Gasteiger partial charge in [-0.2, -0.15) is 0 Å². The van der Waals surface area contributed by atoms with Gasteiger partial charge in [0.15, 0.2) is 0 Å². The van der Waals surface area contributed by atoms with E-state index in [1.54, 1.807) is 4.90 Å². The normalized spacial score (nSPS) is 23.9. The maximum atomic E-state index is 12.5. The average Bonchev–Trinajstić information content (AvgIpc) is 2.76. The highest BCUT2D eigenvalue weighted by Crippen LogP contribution is 2.27. The summed E-state index contributed by atoms with van der Waals surface area (Å²) in [5.74, 6) is -1.16. The highest BCUT2D eigenvalue weighted by atomic mass is 16.5. The van der Waals surface area contributed by atoms with Gasteiger partial charge in [-0.3, -0.25) is 9.59 Å². The predicted octanol–water partition coefficient (Wildman–Crippen LogP) is 2.40. The molecule has 1 saturated heterocycles. The third kappa shape index (κ3) is 5.30. The molecule has 1 aliphatic heterocycles. The van der Waals surface area contributed by atoms with Crippen LogP contribution in [0.5, 0.6) is 0 Å². The van der Waals surface area contributed by atoms with Gasteiger partial charge in [0.05, 0.1) is 19.3 Å². The molecule has 1 heterocycles. The average molecular weight is 299 g/mol. The number of likely N-dealkylation sites (N-methyl/N-ethyl adjacent to an activating group) is 1. The van der Waals surface area contributed by atoms with Gasteiger partial charge >= 0.3 is 5.97 Å². The number of carbonyl (C=O) groups is 2.